The molecule has 0 aliphatic carbocycles. The van der Waals surface area contributed by atoms with Crippen LogP contribution in [-0.4, -0.2) is 37.2 Å². The molecule has 0 saturated heterocycles. The first kappa shape index (κ1) is 19.2. The van der Waals surface area contributed by atoms with Crippen molar-refractivity contribution in [1.82, 2.24) is 20.2 Å². The molecule has 3 aromatic rings. The summed E-state index contributed by atoms with van der Waals surface area (Å²) in [6.07, 6.45) is 0. The van der Waals surface area contributed by atoms with Crippen LogP contribution in [0.5, 0.6) is 0 Å². The third kappa shape index (κ3) is 4.06. The Morgan fingerprint density at radius 1 is 1.11 bits per heavy atom. The van der Waals surface area contributed by atoms with Crippen LogP contribution < -0.4 is 5.32 Å². The second-order valence-electron chi connectivity index (χ2n) is 6.81. The van der Waals surface area contributed by atoms with Gasteiger partial charge in [0.1, 0.15) is 0 Å². The summed E-state index contributed by atoms with van der Waals surface area (Å²) in [7, 11) is 0. The van der Waals surface area contributed by atoms with E-state index in [1.807, 2.05) is 44.2 Å². The molecule has 8 nitrogen and oxygen atoms in total. The lowest BCUT2D eigenvalue weighted by Crippen LogP contribution is -2.31. The number of aromatic nitrogens is 4. The largest absolute Gasteiger partial charge is 0.478 e. The zero-order chi connectivity index (χ0) is 20.3. The number of carboxylic acid groups (broad SMARTS) is 1. The highest BCUT2D eigenvalue weighted by Gasteiger charge is 2.28. The average molecular weight is 379 g/mol. The van der Waals surface area contributed by atoms with Crippen molar-refractivity contribution in [2.24, 2.45) is 5.92 Å². The predicted octanol–water partition coefficient (Wildman–Crippen LogP) is 3.18. The van der Waals surface area contributed by atoms with Crippen LogP contribution in [0.25, 0.3) is 11.4 Å². The fourth-order valence-corrected chi connectivity index (χ4v) is 2.82. The van der Waals surface area contributed by atoms with Gasteiger partial charge in [0.15, 0.2) is 6.04 Å². The minimum Gasteiger partial charge on any atom is -0.478 e. The molecule has 0 aliphatic rings. The molecule has 28 heavy (non-hydrogen) atoms. The summed E-state index contributed by atoms with van der Waals surface area (Å²) in [5.74, 6) is -1.07. The van der Waals surface area contributed by atoms with Crippen molar-refractivity contribution >= 4 is 17.6 Å². The normalized spacial score (nSPS) is 12.0. The van der Waals surface area contributed by atoms with E-state index >= 15 is 0 Å². The predicted molar refractivity (Wildman–Crippen MR) is 104 cm³/mol. The summed E-state index contributed by atoms with van der Waals surface area (Å²) in [4.78, 5) is 25.5. The fourth-order valence-electron chi connectivity index (χ4n) is 2.82. The Hall–Kier alpha value is -3.55. The number of anilines is 1. The molecule has 3 rings (SSSR count). The second-order valence-corrected chi connectivity index (χ2v) is 6.81. The Morgan fingerprint density at radius 2 is 1.82 bits per heavy atom. The highest BCUT2D eigenvalue weighted by Crippen LogP contribution is 2.23. The maximum absolute atomic E-state index is 12.9. The van der Waals surface area contributed by atoms with Crippen molar-refractivity contribution in [2.75, 3.05) is 5.32 Å². The molecule has 0 saturated carbocycles. The summed E-state index contributed by atoms with van der Waals surface area (Å²) in [6.45, 7) is 5.57. The van der Waals surface area contributed by atoms with Crippen molar-refractivity contribution in [3.63, 3.8) is 0 Å². The Morgan fingerprint density at radius 3 is 2.46 bits per heavy atom. The van der Waals surface area contributed by atoms with E-state index < -0.39 is 12.0 Å². The first-order chi connectivity index (χ1) is 13.4. The molecule has 1 aromatic heterocycles. The van der Waals surface area contributed by atoms with Crippen molar-refractivity contribution in [3.05, 3.63) is 59.7 Å². The number of hydrogen-bond donors (Lipinski definition) is 2. The van der Waals surface area contributed by atoms with Crippen LogP contribution in [0.2, 0.25) is 0 Å². The van der Waals surface area contributed by atoms with Crippen LogP contribution in [0.15, 0.2) is 48.5 Å². The van der Waals surface area contributed by atoms with Crippen molar-refractivity contribution in [3.8, 4) is 11.4 Å². The highest BCUT2D eigenvalue weighted by molar-refractivity contribution is 5.96. The van der Waals surface area contributed by atoms with Crippen molar-refractivity contribution < 1.29 is 14.7 Å². The number of rotatable bonds is 6. The maximum Gasteiger partial charge on any atom is 0.335 e. The summed E-state index contributed by atoms with van der Waals surface area (Å²) in [5, 5.41) is 24.5. The molecule has 0 aliphatic heterocycles. The first-order valence-electron chi connectivity index (χ1n) is 8.86. The summed E-state index contributed by atoms with van der Waals surface area (Å²) in [6, 6.07) is 13.3. The number of tetrazole rings is 1. The molecular weight excluding hydrogens is 358 g/mol. The molecule has 2 N–H and O–H groups in total. The fraction of sp³-hybridized carbons (Fsp3) is 0.250. The van der Waals surface area contributed by atoms with Crippen LogP contribution in [0.4, 0.5) is 5.69 Å². The molecule has 1 heterocycles. The van der Waals surface area contributed by atoms with E-state index in [2.05, 4.69) is 20.7 Å². The molecule has 0 bridgehead atoms. The molecule has 0 fully saturated rings. The zero-order valence-electron chi connectivity index (χ0n) is 15.8. The minimum atomic E-state index is -1.05. The third-order valence-corrected chi connectivity index (χ3v) is 4.35. The number of nitrogens with one attached hydrogen (secondary N) is 1. The molecule has 0 radical (unpaired) electrons. The standard InChI is InChI=1S/C20H21N5O3/c1-12(2)17(25-23-18(22-24-25)14-7-5-4-6-8-14)19(26)21-16-11-15(20(27)28)10-9-13(16)3/h4-12,17H,1-3H3,(H,21,26)(H,27,28). The zero-order valence-corrected chi connectivity index (χ0v) is 15.8. The van der Waals surface area contributed by atoms with E-state index in [9.17, 15) is 14.7 Å². The molecule has 1 amide bonds. The number of carbonyl (C=O) groups is 2. The number of carboxylic acids is 1. The summed E-state index contributed by atoms with van der Waals surface area (Å²) >= 11 is 0. The number of hydrogen-bond acceptors (Lipinski definition) is 5. The van der Waals surface area contributed by atoms with Gasteiger partial charge in [-0.05, 0) is 35.8 Å². The first-order valence-corrected chi connectivity index (χ1v) is 8.86. The quantitative estimate of drug-likeness (QED) is 0.681. The van der Waals surface area contributed by atoms with Gasteiger partial charge in [-0.2, -0.15) is 4.80 Å². The highest BCUT2D eigenvalue weighted by atomic mass is 16.4. The Labute approximate surface area is 162 Å². The SMILES string of the molecule is Cc1ccc(C(=O)O)cc1NC(=O)C(C(C)C)n1nnc(-c2ccccc2)n1. The molecular formula is C20H21N5O3. The van der Waals surface area contributed by atoms with Gasteiger partial charge in [0, 0.05) is 11.3 Å². The molecule has 0 spiro atoms. The van der Waals surface area contributed by atoms with Crippen LogP contribution in [0.1, 0.15) is 35.8 Å². The molecule has 1 atom stereocenters. The van der Waals surface area contributed by atoms with E-state index in [1.165, 1.54) is 16.9 Å². The smallest absolute Gasteiger partial charge is 0.335 e. The van der Waals surface area contributed by atoms with Crippen LogP contribution >= 0.6 is 0 Å². The maximum atomic E-state index is 12.9. The van der Waals surface area contributed by atoms with Crippen LogP contribution in [0, 0.1) is 12.8 Å². The van der Waals surface area contributed by atoms with Gasteiger partial charge in [-0.3, -0.25) is 4.79 Å². The third-order valence-electron chi connectivity index (χ3n) is 4.35. The molecule has 1 unspecified atom stereocenters. The topological polar surface area (TPSA) is 110 Å². The lowest BCUT2D eigenvalue weighted by atomic mass is 10.0. The Balaban J connectivity index is 1.87. The van der Waals surface area contributed by atoms with Gasteiger partial charge in [0.2, 0.25) is 5.82 Å². The number of carbonyl (C=O) groups excluding carboxylic acids is 1. The lowest BCUT2D eigenvalue weighted by Gasteiger charge is -2.19. The van der Waals surface area contributed by atoms with Gasteiger partial charge < -0.3 is 10.4 Å². The van der Waals surface area contributed by atoms with Gasteiger partial charge >= 0.3 is 5.97 Å². The van der Waals surface area contributed by atoms with Gasteiger partial charge in [-0.1, -0.05) is 50.2 Å². The number of aromatic carboxylic acids is 1. The van der Waals surface area contributed by atoms with Gasteiger partial charge in [0.05, 0.1) is 5.56 Å². The van der Waals surface area contributed by atoms with E-state index in [-0.39, 0.29) is 17.4 Å². The average Bonchev–Trinajstić information content (AvgIpc) is 3.13. The van der Waals surface area contributed by atoms with Gasteiger partial charge in [-0.25, -0.2) is 4.79 Å². The number of aryl methyl sites for hydroxylation is 1. The van der Waals surface area contributed by atoms with Crippen LogP contribution in [-0.2, 0) is 4.79 Å². The van der Waals surface area contributed by atoms with Crippen molar-refractivity contribution in [1.29, 1.82) is 0 Å². The van der Waals surface area contributed by atoms with Crippen LogP contribution in [0.3, 0.4) is 0 Å². The second kappa shape index (κ2) is 7.99. The van der Waals surface area contributed by atoms with Gasteiger partial charge in [0.25, 0.3) is 5.91 Å². The Bertz CT molecular complexity index is 998. The Kier molecular flexibility index (Phi) is 5.49. The van der Waals surface area contributed by atoms with Gasteiger partial charge in [-0.15, -0.1) is 10.2 Å². The number of benzene rings is 2. The monoisotopic (exact) mass is 379 g/mol. The van der Waals surface area contributed by atoms with E-state index in [1.54, 1.807) is 13.0 Å². The number of amides is 1. The summed E-state index contributed by atoms with van der Waals surface area (Å²) in [5.41, 5.74) is 2.12. The van der Waals surface area contributed by atoms with E-state index in [0.29, 0.717) is 11.5 Å². The van der Waals surface area contributed by atoms with E-state index in [0.717, 1.165) is 11.1 Å². The molecule has 2 aromatic carbocycles. The lowest BCUT2D eigenvalue weighted by molar-refractivity contribution is -0.121. The van der Waals surface area contributed by atoms with Crippen molar-refractivity contribution in [2.45, 2.75) is 26.8 Å². The summed E-state index contributed by atoms with van der Waals surface area (Å²) < 4.78 is 0. The molecule has 144 valence electrons. The molecule has 8 heteroatoms. The minimum absolute atomic E-state index is 0.104. The number of nitrogens with zero attached hydrogens (tertiary/aromatic N) is 4. The van der Waals surface area contributed by atoms with E-state index in [4.69, 9.17) is 0 Å².